The number of nitrogens with one attached hydrogen (secondary N) is 3. The molecular weight excluding hydrogens is 416 g/mol. The maximum atomic E-state index is 12.5. The molecule has 1 aromatic carbocycles. The zero-order valence-electron chi connectivity index (χ0n) is 16.3. The molecule has 0 aromatic heterocycles. The first-order chi connectivity index (χ1) is 14.6. The first-order valence-electron chi connectivity index (χ1n) is 9.00. The van der Waals surface area contributed by atoms with Gasteiger partial charge in [-0.25, -0.2) is 4.79 Å². The second kappa shape index (κ2) is 12.1. The van der Waals surface area contributed by atoms with Gasteiger partial charge >= 0.3 is 11.9 Å². The van der Waals surface area contributed by atoms with Gasteiger partial charge in [-0.1, -0.05) is 12.1 Å². The summed E-state index contributed by atoms with van der Waals surface area (Å²) in [5, 5.41) is 43.2. The minimum Gasteiger partial charge on any atom is -0.508 e. The van der Waals surface area contributed by atoms with Gasteiger partial charge in [-0.15, -0.1) is 0 Å². The molecule has 170 valence electrons. The predicted octanol–water partition coefficient (Wildman–Crippen LogP) is -3.10. The van der Waals surface area contributed by atoms with Crippen LogP contribution in [0.5, 0.6) is 5.75 Å². The molecule has 3 atom stereocenters. The summed E-state index contributed by atoms with van der Waals surface area (Å²) in [5.74, 6) is -5.83. The van der Waals surface area contributed by atoms with E-state index in [0.29, 0.717) is 5.56 Å². The number of hydrogen-bond acceptors (Lipinski definition) is 8. The molecule has 0 radical (unpaired) electrons. The van der Waals surface area contributed by atoms with Crippen LogP contribution >= 0.6 is 0 Å². The van der Waals surface area contributed by atoms with Crippen LogP contribution in [0.3, 0.4) is 0 Å². The number of aliphatic hydroxyl groups is 1. The molecule has 0 saturated carbocycles. The van der Waals surface area contributed by atoms with Crippen LogP contribution in [0.15, 0.2) is 24.3 Å². The average Bonchev–Trinajstić information content (AvgIpc) is 2.71. The number of carbonyl (C=O) groups excluding carboxylic acids is 3. The molecule has 0 heterocycles. The Labute approximate surface area is 176 Å². The number of amides is 3. The first-order valence-corrected chi connectivity index (χ1v) is 9.00. The Bertz CT molecular complexity index is 813. The molecule has 3 unspecified atom stereocenters. The van der Waals surface area contributed by atoms with Crippen molar-refractivity contribution in [2.75, 3.05) is 13.2 Å². The minimum absolute atomic E-state index is 0.0379. The smallest absolute Gasteiger partial charge is 0.326 e. The molecule has 0 aliphatic carbocycles. The van der Waals surface area contributed by atoms with Gasteiger partial charge in [-0.3, -0.25) is 19.2 Å². The molecule has 0 spiro atoms. The quantitative estimate of drug-likeness (QED) is 0.163. The SMILES string of the molecule is NCC(=O)NC(CO)C(=O)NC(CC(=O)O)C(=O)NC(Cc1ccc(O)cc1)C(=O)O. The third-order valence-electron chi connectivity index (χ3n) is 4.02. The Morgan fingerprint density at radius 3 is 1.90 bits per heavy atom. The summed E-state index contributed by atoms with van der Waals surface area (Å²) < 4.78 is 0. The molecule has 13 heteroatoms. The van der Waals surface area contributed by atoms with Gasteiger partial charge in [-0.2, -0.15) is 0 Å². The molecule has 9 N–H and O–H groups in total. The van der Waals surface area contributed by atoms with Crippen molar-refractivity contribution in [1.82, 2.24) is 16.0 Å². The number of hydrogen-bond donors (Lipinski definition) is 8. The average molecular weight is 440 g/mol. The Hall–Kier alpha value is -3.71. The molecule has 0 aliphatic heterocycles. The molecule has 0 bridgehead atoms. The topological polar surface area (TPSA) is 228 Å². The van der Waals surface area contributed by atoms with Crippen LogP contribution in [-0.4, -0.2) is 81.4 Å². The van der Waals surface area contributed by atoms with E-state index in [1.54, 1.807) is 0 Å². The zero-order valence-corrected chi connectivity index (χ0v) is 16.3. The highest BCUT2D eigenvalue weighted by Crippen LogP contribution is 2.11. The fourth-order valence-electron chi connectivity index (χ4n) is 2.44. The number of carboxylic acids is 2. The van der Waals surface area contributed by atoms with Crippen molar-refractivity contribution in [2.24, 2.45) is 5.73 Å². The van der Waals surface area contributed by atoms with E-state index in [2.05, 4.69) is 16.0 Å². The summed E-state index contributed by atoms with van der Waals surface area (Å²) in [5.41, 5.74) is 5.58. The largest absolute Gasteiger partial charge is 0.508 e. The van der Waals surface area contributed by atoms with Gasteiger partial charge in [0, 0.05) is 6.42 Å². The standard InChI is InChI=1S/C18H24N4O9/c19-7-14(25)20-13(8-23)17(29)21-11(6-15(26)27)16(28)22-12(18(30)31)5-9-1-3-10(24)4-2-9/h1-4,11-13,23-24H,5-8,19H2,(H,20,25)(H,21,29)(H,22,28)(H,26,27)(H,30,31). The Morgan fingerprint density at radius 2 is 1.42 bits per heavy atom. The van der Waals surface area contributed by atoms with Crippen LogP contribution < -0.4 is 21.7 Å². The Morgan fingerprint density at radius 1 is 0.871 bits per heavy atom. The Kier molecular flexibility index (Phi) is 9.88. The molecule has 13 nitrogen and oxygen atoms in total. The number of carbonyl (C=O) groups is 5. The molecule has 0 fully saturated rings. The molecule has 3 amide bonds. The summed E-state index contributed by atoms with van der Waals surface area (Å²) in [7, 11) is 0. The number of phenolic OH excluding ortho intramolecular Hbond substituents is 1. The van der Waals surface area contributed by atoms with Crippen LogP contribution in [0, 0.1) is 0 Å². The number of carboxylic acid groups (broad SMARTS) is 2. The van der Waals surface area contributed by atoms with E-state index in [0.717, 1.165) is 0 Å². The van der Waals surface area contributed by atoms with Gasteiger partial charge < -0.3 is 42.1 Å². The van der Waals surface area contributed by atoms with Crippen molar-refractivity contribution in [3.8, 4) is 5.75 Å². The van der Waals surface area contributed by atoms with E-state index in [1.807, 2.05) is 0 Å². The summed E-state index contributed by atoms with van der Waals surface area (Å²) in [4.78, 5) is 58.7. The van der Waals surface area contributed by atoms with E-state index in [-0.39, 0.29) is 12.2 Å². The van der Waals surface area contributed by atoms with Gasteiger partial charge in [0.25, 0.3) is 0 Å². The van der Waals surface area contributed by atoms with Crippen molar-refractivity contribution < 1.29 is 44.4 Å². The van der Waals surface area contributed by atoms with Crippen LogP contribution in [0.1, 0.15) is 12.0 Å². The van der Waals surface area contributed by atoms with E-state index < -0.39 is 67.4 Å². The molecular formula is C18H24N4O9. The number of phenols is 1. The second-order valence-electron chi connectivity index (χ2n) is 6.44. The van der Waals surface area contributed by atoms with E-state index >= 15 is 0 Å². The van der Waals surface area contributed by atoms with Crippen LogP contribution in [-0.2, 0) is 30.4 Å². The number of aliphatic carboxylic acids is 2. The highest BCUT2D eigenvalue weighted by atomic mass is 16.4. The zero-order chi connectivity index (χ0) is 23.6. The van der Waals surface area contributed by atoms with E-state index in [4.69, 9.17) is 10.8 Å². The highest BCUT2D eigenvalue weighted by molar-refractivity contribution is 5.95. The lowest BCUT2D eigenvalue weighted by molar-refractivity contribution is -0.143. The van der Waals surface area contributed by atoms with Crippen molar-refractivity contribution in [2.45, 2.75) is 31.0 Å². The maximum Gasteiger partial charge on any atom is 0.326 e. The van der Waals surface area contributed by atoms with Crippen molar-refractivity contribution in [3.63, 3.8) is 0 Å². The van der Waals surface area contributed by atoms with Gasteiger partial charge in [-0.05, 0) is 17.7 Å². The monoisotopic (exact) mass is 440 g/mol. The van der Waals surface area contributed by atoms with Crippen molar-refractivity contribution >= 4 is 29.7 Å². The van der Waals surface area contributed by atoms with Gasteiger partial charge in [0.1, 0.15) is 23.9 Å². The fourth-order valence-corrected chi connectivity index (χ4v) is 2.44. The van der Waals surface area contributed by atoms with Crippen molar-refractivity contribution in [1.29, 1.82) is 0 Å². The van der Waals surface area contributed by atoms with E-state index in [9.17, 15) is 39.3 Å². The highest BCUT2D eigenvalue weighted by Gasteiger charge is 2.30. The third-order valence-corrected chi connectivity index (χ3v) is 4.02. The lowest BCUT2D eigenvalue weighted by atomic mass is 10.0. The molecule has 1 rings (SSSR count). The lowest BCUT2D eigenvalue weighted by Gasteiger charge is -2.23. The summed E-state index contributed by atoms with van der Waals surface area (Å²) in [6.45, 7) is -1.32. The molecule has 0 saturated heterocycles. The maximum absolute atomic E-state index is 12.5. The normalized spacial score (nSPS) is 13.4. The summed E-state index contributed by atoms with van der Waals surface area (Å²) in [6, 6.07) is 0.904. The van der Waals surface area contributed by atoms with Crippen LogP contribution in [0.4, 0.5) is 0 Å². The Balaban J connectivity index is 2.92. The molecule has 1 aromatic rings. The van der Waals surface area contributed by atoms with E-state index in [1.165, 1.54) is 24.3 Å². The summed E-state index contributed by atoms with van der Waals surface area (Å²) >= 11 is 0. The second-order valence-corrected chi connectivity index (χ2v) is 6.44. The molecule has 0 aliphatic rings. The van der Waals surface area contributed by atoms with Gasteiger partial charge in [0.2, 0.25) is 17.7 Å². The fraction of sp³-hybridized carbons (Fsp3) is 0.389. The van der Waals surface area contributed by atoms with Crippen molar-refractivity contribution in [3.05, 3.63) is 29.8 Å². The predicted molar refractivity (Wildman–Crippen MR) is 104 cm³/mol. The third kappa shape index (κ3) is 8.67. The van der Waals surface area contributed by atoms with Gasteiger partial charge in [0.05, 0.1) is 19.6 Å². The lowest BCUT2D eigenvalue weighted by Crippen LogP contribution is -2.57. The number of aliphatic hydroxyl groups excluding tert-OH is 1. The van der Waals surface area contributed by atoms with Crippen LogP contribution in [0.25, 0.3) is 0 Å². The van der Waals surface area contributed by atoms with Gasteiger partial charge in [0.15, 0.2) is 0 Å². The minimum atomic E-state index is -1.68. The summed E-state index contributed by atoms with van der Waals surface area (Å²) in [6.07, 6.45) is -1.06. The number of rotatable bonds is 12. The number of aromatic hydroxyl groups is 1. The first kappa shape index (κ1) is 25.3. The molecule has 31 heavy (non-hydrogen) atoms. The number of benzene rings is 1. The van der Waals surface area contributed by atoms with Crippen LogP contribution in [0.2, 0.25) is 0 Å². The number of nitrogens with two attached hydrogens (primary N) is 1.